The molecule has 1 aliphatic carbocycles. The second kappa shape index (κ2) is 11.9. The summed E-state index contributed by atoms with van der Waals surface area (Å²) in [5.41, 5.74) is 1.01. The van der Waals surface area contributed by atoms with Crippen LogP contribution in [0, 0.1) is 5.92 Å². The lowest BCUT2D eigenvalue weighted by Gasteiger charge is -2.26. The standard InChI is InChI=1S/C21H31ClN4O.HI/c1-2-23-21(24-14-17-10-6-7-11-19(17)22)25-18-12-13-26(15-18)20(27)16-8-4-3-5-9-16;/h6-7,10-11,16,18H,2-5,8-9,12-15H2,1H3,(H2,23,24,25);1H. The summed E-state index contributed by atoms with van der Waals surface area (Å²) in [6, 6.07) is 8.04. The number of carbonyl (C=O) groups excluding carboxylic acids is 1. The van der Waals surface area contributed by atoms with Gasteiger partial charge in [0.15, 0.2) is 5.96 Å². The lowest BCUT2D eigenvalue weighted by Crippen LogP contribution is -2.45. The number of hydrogen-bond donors (Lipinski definition) is 2. The van der Waals surface area contributed by atoms with Gasteiger partial charge in [-0.25, -0.2) is 4.99 Å². The van der Waals surface area contributed by atoms with Crippen LogP contribution in [0.5, 0.6) is 0 Å². The molecule has 7 heteroatoms. The largest absolute Gasteiger partial charge is 0.357 e. The van der Waals surface area contributed by atoms with Crippen LogP contribution in [0.4, 0.5) is 0 Å². The monoisotopic (exact) mass is 518 g/mol. The van der Waals surface area contributed by atoms with E-state index in [0.29, 0.717) is 12.5 Å². The van der Waals surface area contributed by atoms with Crippen LogP contribution in [0.15, 0.2) is 29.3 Å². The summed E-state index contributed by atoms with van der Waals surface area (Å²) in [4.78, 5) is 19.5. The van der Waals surface area contributed by atoms with Gasteiger partial charge in [0.1, 0.15) is 0 Å². The first kappa shape index (κ1) is 23.3. The lowest BCUT2D eigenvalue weighted by atomic mass is 9.88. The predicted molar refractivity (Wildman–Crippen MR) is 126 cm³/mol. The third kappa shape index (κ3) is 6.51. The van der Waals surface area contributed by atoms with E-state index in [2.05, 4.69) is 22.5 Å². The molecule has 1 amide bonds. The van der Waals surface area contributed by atoms with E-state index in [9.17, 15) is 4.79 Å². The molecule has 1 aromatic carbocycles. The van der Waals surface area contributed by atoms with Gasteiger partial charge >= 0.3 is 0 Å². The Morgan fingerprint density at radius 3 is 2.68 bits per heavy atom. The number of guanidine groups is 1. The van der Waals surface area contributed by atoms with Gasteiger partial charge in [-0.05, 0) is 37.8 Å². The van der Waals surface area contributed by atoms with E-state index in [1.54, 1.807) is 0 Å². The highest BCUT2D eigenvalue weighted by Gasteiger charge is 2.31. The topological polar surface area (TPSA) is 56.7 Å². The molecule has 156 valence electrons. The quantitative estimate of drug-likeness (QED) is 0.349. The Morgan fingerprint density at radius 1 is 1.21 bits per heavy atom. The molecule has 2 aliphatic rings. The highest BCUT2D eigenvalue weighted by Crippen LogP contribution is 2.26. The third-order valence-electron chi connectivity index (χ3n) is 5.50. The summed E-state index contributed by atoms with van der Waals surface area (Å²) in [6.07, 6.45) is 6.78. The zero-order valence-electron chi connectivity index (χ0n) is 16.6. The number of aliphatic imine (C=N–C) groups is 1. The molecule has 28 heavy (non-hydrogen) atoms. The van der Waals surface area contributed by atoms with Crippen molar-refractivity contribution in [3.05, 3.63) is 34.9 Å². The number of nitrogens with zero attached hydrogens (tertiary/aromatic N) is 2. The Hall–Kier alpha value is -1.02. The van der Waals surface area contributed by atoms with E-state index >= 15 is 0 Å². The van der Waals surface area contributed by atoms with Crippen molar-refractivity contribution in [1.82, 2.24) is 15.5 Å². The SMILES string of the molecule is CCNC(=NCc1ccccc1Cl)NC1CCN(C(=O)C2CCCCC2)C1.I. The molecule has 1 atom stereocenters. The Balaban J connectivity index is 0.00000280. The molecule has 1 saturated carbocycles. The molecular formula is C21H32ClIN4O. The third-order valence-corrected chi connectivity index (χ3v) is 5.87. The van der Waals surface area contributed by atoms with E-state index in [1.807, 2.05) is 29.2 Å². The molecule has 0 aromatic heterocycles. The molecule has 5 nitrogen and oxygen atoms in total. The first-order valence-electron chi connectivity index (χ1n) is 10.2. The fraction of sp³-hybridized carbons (Fsp3) is 0.619. The highest BCUT2D eigenvalue weighted by atomic mass is 127. The molecule has 1 unspecified atom stereocenters. The molecule has 0 radical (unpaired) electrons. The van der Waals surface area contributed by atoms with Crippen LogP contribution in [0.1, 0.15) is 51.0 Å². The molecule has 2 fully saturated rings. The van der Waals surface area contributed by atoms with Crippen LogP contribution in [-0.2, 0) is 11.3 Å². The summed E-state index contributed by atoms with van der Waals surface area (Å²) in [6.45, 7) is 5.00. The molecule has 0 bridgehead atoms. The normalized spacial score (nSPS) is 20.6. The minimum atomic E-state index is 0. The van der Waals surface area contributed by atoms with Crippen molar-refractivity contribution in [2.45, 2.75) is 58.0 Å². The Bertz CT molecular complexity index is 664. The highest BCUT2D eigenvalue weighted by molar-refractivity contribution is 14.0. The molecule has 0 spiro atoms. The van der Waals surface area contributed by atoms with Crippen LogP contribution in [0.25, 0.3) is 0 Å². The number of halogens is 2. The predicted octanol–water partition coefficient (Wildman–Crippen LogP) is 4.19. The Kier molecular flexibility index (Phi) is 9.85. The average Bonchev–Trinajstić information content (AvgIpc) is 3.16. The van der Waals surface area contributed by atoms with Crippen molar-refractivity contribution in [3.63, 3.8) is 0 Å². The minimum Gasteiger partial charge on any atom is -0.357 e. The van der Waals surface area contributed by atoms with Crippen LogP contribution in [-0.4, -0.2) is 42.4 Å². The first-order chi connectivity index (χ1) is 13.2. The summed E-state index contributed by atoms with van der Waals surface area (Å²) < 4.78 is 0. The number of nitrogens with one attached hydrogen (secondary N) is 2. The van der Waals surface area contributed by atoms with Crippen molar-refractivity contribution in [2.75, 3.05) is 19.6 Å². The number of benzene rings is 1. The van der Waals surface area contributed by atoms with Crippen molar-refractivity contribution in [3.8, 4) is 0 Å². The molecule has 2 N–H and O–H groups in total. The number of likely N-dealkylation sites (tertiary alicyclic amines) is 1. The second-order valence-electron chi connectivity index (χ2n) is 7.54. The Labute approximate surface area is 190 Å². The van der Waals surface area contributed by atoms with Crippen molar-refractivity contribution >= 4 is 47.4 Å². The van der Waals surface area contributed by atoms with Gasteiger partial charge < -0.3 is 15.5 Å². The number of carbonyl (C=O) groups is 1. The maximum atomic E-state index is 12.7. The van der Waals surface area contributed by atoms with Crippen LogP contribution in [0.2, 0.25) is 5.02 Å². The second-order valence-corrected chi connectivity index (χ2v) is 7.94. The molecule has 1 aliphatic heterocycles. The molecular weight excluding hydrogens is 487 g/mol. The summed E-state index contributed by atoms with van der Waals surface area (Å²) in [5.74, 6) is 1.39. The fourth-order valence-electron chi connectivity index (χ4n) is 3.99. The number of rotatable bonds is 5. The fourth-order valence-corrected chi connectivity index (χ4v) is 4.19. The zero-order valence-corrected chi connectivity index (χ0v) is 19.7. The summed E-state index contributed by atoms with van der Waals surface area (Å²) >= 11 is 6.23. The van der Waals surface area contributed by atoms with Gasteiger partial charge in [0.25, 0.3) is 0 Å². The van der Waals surface area contributed by atoms with Gasteiger partial charge in [-0.2, -0.15) is 0 Å². The first-order valence-corrected chi connectivity index (χ1v) is 10.6. The van der Waals surface area contributed by atoms with Gasteiger partial charge in [-0.1, -0.05) is 49.1 Å². The van der Waals surface area contributed by atoms with E-state index in [-0.39, 0.29) is 35.9 Å². The van der Waals surface area contributed by atoms with E-state index in [4.69, 9.17) is 11.6 Å². The lowest BCUT2D eigenvalue weighted by molar-refractivity contribution is -0.135. The van der Waals surface area contributed by atoms with Crippen LogP contribution < -0.4 is 10.6 Å². The molecule has 1 heterocycles. The van der Waals surface area contributed by atoms with Gasteiger partial charge in [0.2, 0.25) is 5.91 Å². The van der Waals surface area contributed by atoms with Crippen LogP contribution >= 0.6 is 35.6 Å². The van der Waals surface area contributed by atoms with Crippen molar-refractivity contribution in [2.24, 2.45) is 10.9 Å². The van der Waals surface area contributed by atoms with Crippen LogP contribution in [0.3, 0.4) is 0 Å². The average molecular weight is 519 g/mol. The van der Waals surface area contributed by atoms with E-state index < -0.39 is 0 Å². The summed E-state index contributed by atoms with van der Waals surface area (Å²) in [7, 11) is 0. The maximum Gasteiger partial charge on any atom is 0.225 e. The molecule has 1 aromatic rings. The number of hydrogen-bond acceptors (Lipinski definition) is 2. The molecule has 1 saturated heterocycles. The molecule has 3 rings (SSSR count). The maximum absolute atomic E-state index is 12.7. The Morgan fingerprint density at radius 2 is 1.96 bits per heavy atom. The van der Waals surface area contributed by atoms with E-state index in [0.717, 1.165) is 55.4 Å². The van der Waals surface area contributed by atoms with Gasteiger partial charge in [-0.3, -0.25) is 4.79 Å². The van der Waals surface area contributed by atoms with Crippen molar-refractivity contribution < 1.29 is 4.79 Å². The van der Waals surface area contributed by atoms with Gasteiger partial charge in [0.05, 0.1) is 6.54 Å². The minimum absolute atomic E-state index is 0. The van der Waals surface area contributed by atoms with Crippen molar-refractivity contribution in [1.29, 1.82) is 0 Å². The zero-order chi connectivity index (χ0) is 19.1. The number of amides is 1. The smallest absolute Gasteiger partial charge is 0.225 e. The van der Waals surface area contributed by atoms with E-state index in [1.165, 1.54) is 19.3 Å². The summed E-state index contributed by atoms with van der Waals surface area (Å²) in [5, 5.41) is 7.53. The van der Waals surface area contributed by atoms with Gasteiger partial charge in [0, 0.05) is 36.6 Å². The van der Waals surface area contributed by atoms with Gasteiger partial charge in [-0.15, -0.1) is 24.0 Å².